The predicted molar refractivity (Wildman–Crippen MR) is 99.9 cm³/mol. The summed E-state index contributed by atoms with van der Waals surface area (Å²) >= 11 is 0. The molecule has 1 unspecified atom stereocenters. The van der Waals surface area contributed by atoms with Gasteiger partial charge in [0.05, 0.1) is 22.9 Å². The molecular weight excluding hydrogens is 352 g/mol. The van der Waals surface area contributed by atoms with Gasteiger partial charge in [-0.05, 0) is 43.2 Å². The molecular formula is C19H24N2O4S. The van der Waals surface area contributed by atoms with Crippen molar-refractivity contribution in [3.8, 4) is 0 Å². The largest absolute Gasteiger partial charge is 0.311 e. The Morgan fingerprint density at radius 2 is 1.62 bits per heavy atom. The van der Waals surface area contributed by atoms with E-state index in [1.54, 1.807) is 11.8 Å². The van der Waals surface area contributed by atoms with Gasteiger partial charge in [0.25, 0.3) is 0 Å². The van der Waals surface area contributed by atoms with Crippen LogP contribution < -0.4 is 9.80 Å². The number of benzene rings is 1. The van der Waals surface area contributed by atoms with Crippen molar-refractivity contribution in [2.45, 2.75) is 32.6 Å². The second-order valence-electron chi connectivity index (χ2n) is 7.77. The summed E-state index contributed by atoms with van der Waals surface area (Å²) in [6.07, 6.45) is 2.71. The fourth-order valence-corrected chi connectivity index (χ4v) is 6.13. The second-order valence-corrected chi connectivity index (χ2v) is 10.1. The Balaban J connectivity index is 1.59. The van der Waals surface area contributed by atoms with Gasteiger partial charge < -0.3 is 9.80 Å². The fraction of sp³-hybridized carbons (Fsp3) is 0.579. The molecule has 7 heteroatoms. The van der Waals surface area contributed by atoms with Crippen LogP contribution in [0.25, 0.3) is 0 Å². The van der Waals surface area contributed by atoms with Crippen LogP contribution in [0.2, 0.25) is 0 Å². The molecule has 1 saturated heterocycles. The lowest BCUT2D eigenvalue weighted by molar-refractivity contribution is -0.120. The summed E-state index contributed by atoms with van der Waals surface area (Å²) in [5.74, 6) is 0.376. The van der Waals surface area contributed by atoms with Crippen molar-refractivity contribution in [2.75, 3.05) is 34.4 Å². The van der Waals surface area contributed by atoms with Gasteiger partial charge in [-0.1, -0.05) is 12.1 Å². The molecule has 26 heavy (non-hydrogen) atoms. The number of hydrogen-bond acceptors (Lipinski definition) is 4. The first-order valence-electron chi connectivity index (χ1n) is 9.22. The third kappa shape index (κ3) is 2.92. The van der Waals surface area contributed by atoms with E-state index < -0.39 is 9.84 Å². The Kier molecular flexibility index (Phi) is 4.10. The Hall–Kier alpha value is -1.89. The van der Waals surface area contributed by atoms with Crippen molar-refractivity contribution in [2.24, 2.45) is 11.3 Å². The highest BCUT2D eigenvalue weighted by Gasteiger charge is 2.60. The first kappa shape index (κ1) is 17.5. The number of hydrogen-bond donors (Lipinski definition) is 0. The summed E-state index contributed by atoms with van der Waals surface area (Å²) in [7, 11) is -2.93. The van der Waals surface area contributed by atoms with Crippen LogP contribution in [-0.4, -0.2) is 44.8 Å². The predicted octanol–water partition coefficient (Wildman–Crippen LogP) is 1.99. The highest BCUT2D eigenvalue weighted by Crippen LogP contribution is 2.60. The van der Waals surface area contributed by atoms with Crippen LogP contribution in [0.4, 0.5) is 11.4 Å². The van der Waals surface area contributed by atoms with Crippen LogP contribution in [0.3, 0.4) is 0 Å². The van der Waals surface area contributed by atoms with Gasteiger partial charge in [0, 0.05) is 25.9 Å². The summed E-state index contributed by atoms with van der Waals surface area (Å²) < 4.78 is 23.4. The molecule has 1 aliphatic carbocycles. The Labute approximate surface area is 154 Å². The van der Waals surface area contributed by atoms with Crippen molar-refractivity contribution in [3.63, 3.8) is 0 Å². The van der Waals surface area contributed by atoms with E-state index >= 15 is 0 Å². The minimum Gasteiger partial charge on any atom is -0.311 e. The van der Waals surface area contributed by atoms with Crippen molar-refractivity contribution < 1.29 is 18.0 Å². The van der Waals surface area contributed by atoms with Crippen LogP contribution in [0.1, 0.15) is 32.6 Å². The summed E-state index contributed by atoms with van der Waals surface area (Å²) in [5, 5.41) is 0. The van der Waals surface area contributed by atoms with Crippen LogP contribution in [-0.2, 0) is 19.4 Å². The zero-order valence-electron chi connectivity index (χ0n) is 15.0. The lowest BCUT2D eigenvalue weighted by atomic mass is 9.95. The molecule has 6 nitrogen and oxygen atoms in total. The number of nitrogens with zero attached hydrogens (tertiary/aromatic N) is 2. The zero-order chi connectivity index (χ0) is 18.5. The van der Waals surface area contributed by atoms with E-state index in [2.05, 4.69) is 0 Å². The van der Waals surface area contributed by atoms with Crippen LogP contribution >= 0.6 is 0 Å². The Morgan fingerprint density at radius 3 is 2.23 bits per heavy atom. The molecule has 1 aromatic carbocycles. The molecule has 0 aromatic heterocycles. The molecule has 2 fully saturated rings. The summed E-state index contributed by atoms with van der Waals surface area (Å²) in [4.78, 5) is 28.8. The fourth-order valence-electron chi connectivity index (χ4n) is 4.49. The van der Waals surface area contributed by atoms with E-state index in [0.717, 1.165) is 24.2 Å². The third-order valence-electron chi connectivity index (χ3n) is 6.18. The van der Waals surface area contributed by atoms with E-state index in [1.165, 1.54) is 0 Å². The van der Waals surface area contributed by atoms with E-state index in [1.807, 2.05) is 29.2 Å². The molecule has 1 atom stereocenters. The Bertz CT molecular complexity index is 850. The molecule has 0 bridgehead atoms. The average Bonchev–Trinajstić information content (AvgIpc) is 3.35. The number of rotatable bonds is 1. The average molecular weight is 376 g/mol. The smallest absolute Gasteiger partial charge is 0.230 e. The summed E-state index contributed by atoms with van der Waals surface area (Å²) in [6, 6.07) is 7.55. The molecule has 2 aliphatic heterocycles. The lowest BCUT2D eigenvalue weighted by Crippen LogP contribution is -2.36. The van der Waals surface area contributed by atoms with Crippen molar-refractivity contribution in [1.29, 1.82) is 0 Å². The number of para-hydroxylation sites is 2. The van der Waals surface area contributed by atoms with Crippen LogP contribution in [0.15, 0.2) is 24.3 Å². The van der Waals surface area contributed by atoms with E-state index in [9.17, 15) is 18.0 Å². The maximum atomic E-state index is 13.3. The van der Waals surface area contributed by atoms with Crippen LogP contribution in [0, 0.1) is 11.3 Å². The van der Waals surface area contributed by atoms with Gasteiger partial charge in [-0.25, -0.2) is 8.42 Å². The minimum atomic E-state index is -2.93. The monoisotopic (exact) mass is 376 g/mol. The van der Waals surface area contributed by atoms with Crippen molar-refractivity contribution >= 4 is 33.0 Å². The molecule has 2 heterocycles. The number of carbonyl (C=O) groups is 2. The highest BCUT2D eigenvalue weighted by molar-refractivity contribution is 7.91. The molecule has 3 aliphatic rings. The number of anilines is 2. The Morgan fingerprint density at radius 1 is 1.04 bits per heavy atom. The summed E-state index contributed by atoms with van der Waals surface area (Å²) in [5.41, 5.74) is 1.45. The van der Waals surface area contributed by atoms with Gasteiger partial charge >= 0.3 is 0 Å². The molecule has 1 aromatic rings. The van der Waals surface area contributed by atoms with Gasteiger partial charge in [-0.3, -0.25) is 9.59 Å². The maximum Gasteiger partial charge on any atom is 0.230 e. The van der Waals surface area contributed by atoms with E-state index in [4.69, 9.17) is 0 Å². The molecule has 1 spiro atoms. The first-order valence-corrected chi connectivity index (χ1v) is 11.0. The lowest BCUT2D eigenvalue weighted by Gasteiger charge is -2.27. The quantitative estimate of drug-likeness (QED) is 0.751. The first-order chi connectivity index (χ1) is 12.3. The van der Waals surface area contributed by atoms with Crippen LogP contribution in [0.5, 0.6) is 0 Å². The number of carbonyl (C=O) groups excluding carboxylic acids is 2. The second kappa shape index (κ2) is 6.08. The van der Waals surface area contributed by atoms with Crippen molar-refractivity contribution in [3.05, 3.63) is 24.3 Å². The molecule has 0 N–H and O–H groups in total. The maximum absolute atomic E-state index is 13.3. The molecule has 140 valence electrons. The van der Waals surface area contributed by atoms with Gasteiger partial charge in [0.1, 0.15) is 9.84 Å². The molecule has 2 amide bonds. The minimum absolute atomic E-state index is 0.0212. The molecule has 4 rings (SSSR count). The summed E-state index contributed by atoms with van der Waals surface area (Å²) in [6.45, 7) is 2.74. The van der Waals surface area contributed by atoms with E-state index in [-0.39, 0.29) is 34.7 Å². The number of fused-ring (bicyclic) bond motifs is 1. The molecule has 1 saturated carbocycles. The van der Waals surface area contributed by atoms with Gasteiger partial charge in [0.2, 0.25) is 11.8 Å². The highest BCUT2D eigenvalue weighted by atomic mass is 32.2. The van der Waals surface area contributed by atoms with Gasteiger partial charge in [0.15, 0.2) is 0 Å². The standard InChI is InChI=1S/C19H24N2O4S/c1-14(22)20-9-4-10-21(17-6-3-2-5-16(17)20)18(23)15-13-19(15)7-11-26(24,25)12-8-19/h2-3,5-6,15H,4,7-13H2,1H3. The van der Waals surface area contributed by atoms with Gasteiger partial charge in [-0.15, -0.1) is 0 Å². The third-order valence-corrected chi connectivity index (χ3v) is 7.83. The van der Waals surface area contributed by atoms with Crippen molar-refractivity contribution in [1.82, 2.24) is 0 Å². The SMILES string of the molecule is CC(=O)N1CCCN(C(=O)C2CC23CCS(=O)(=O)CC3)c2ccccc21. The number of amides is 2. The molecule has 0 radical (unpaired) electrons. The topological polar surface area (TPSA) is 74.8 Å². The number of sulfone groups is 1. The van der Waals surface area contributed by atoms with E-state index in [0.29, 0.717) is 25.9 Å². The zero-order valence-corrected chi connectivity index (χ0v) is 15.8. The van der Waals surface area contributed by atoms with Gasteiger partial charge in [-0.2, -0.15) is 0 Å². The normalized spacial score (nSPS) is 26.1.